The molecule has 1 aliphatic rings. The lowest BCUT2D eigenvalue weighted by molar-refractivity contribution is -0.0427. The van der Waals surface area contributed by atoms with Gasteiger partial charge in [0, 0.05) is 6.61 Å². The predicted molar refractivity (Wildman–Crippen MR) is 115 cm³/mol. The Labute approximate surface area is 177 Å². The largest absolute Gasteiger partial charge is 0.465 e. The molecule has 8 nitrogen and oxygen atoms in total. The van der Waals surface area contributed by atoms with Gasteiger partial charge >= 0.3 is 6.09 Å². The minimum Gasteiger partial charge on any atom is -0.465 e. The van der Waals surface area contributed by atoms with Crippen LogP contribution in [0.25, 0.3) is 0 Å². The highest BCUT2D eigenvalue weighted by molar-refractivity contribution is 7.85. The average molecular weight is 454 g/mol. The van der Waals surface area contributed by atoms with Crippen molar-refractivity contribution in [2.45, 2.75) is 83.8 Å². The number of ether oxygens (including phenoxy) is 1. The summed E-state index contributed by atoms with van der Waals surface area (Å²) in [7, 11) is -5.42. The van der Waals surface area contributed by atoms with Crippen LogP contribution in [0.15, 0.2) is 0 Å². The lowest BCUT2D eigenvalue weighted by atomic mass is 9.95. The summed E-state index contributed by atoms with van der Waals surface area (Å²) in [5, 5.41) is 9.71. The zero-order valence-corrected chi connectivity index (χ0v) is 21.0. The third-order valence-electron chi connectivity index (χ3n) is 5.93. The minimum atomic E-state index is -3.47. The van der Waals surface area contributed by atoms with Crippen LogP contribution in [0.3, 0.4) is 0 Å². The molecular weight excluding hydrogens is 414 g/mol. The van der Waals surface area contributed by atoms with Crippen LogP contribution in [-0.4, -0.2) is 70.7 Å². The fourth-order valence-electron chi connectivity index (χ4n) is 3.22. The molecular formula is C19H39NO7SSi. The van der Waals surface area contributed by atoms with Gasteiger partial charge in [0.25, 0.3) is 10.1 Å². The van der Waals surface area contributed by atoms with E-state index in [4.69, 9.17) is 13.3 Å². The number of amides is 1. The van der Waals surface area contributed by atoms with Crippen LogP contribution in [0, 0.1) is 5.92 Å². The van der Waals surface area contributed by atoms with E-state index in [-0.39, 0.29) is 23.6 Å². The van der Waals surface area contributed by atoms with Crippen LogP contribution in [-0.2, 0) is 23.5 Å². The van der Waals surface area contributed by atoms with Crippen molar-refractivity contribution in [2.75, 3.05) is 26.1 Å². The maximum absolute atomic E-state index is 11.8. The van der Waals surface area contributed by atoms with Gasteiger partial charge in [-0.05, 0) is 57.2 Å². The van der Waals surface area contributed by atoms with Gasteiger partial charge in [-0.3, -0.25) is 9.08 Å². The molecule has 0 aromatic heterocycles. The molecule has 1 N–H and O–H groups in total. The first-order valence-corrected chi connectivity index (χ1v) is 14.8. The summed E-state index contributed by atoms with van der Waals surface area (Å²) in [5.74, 6) is 0.0802. The van der Waals surface area contributed by atoms with Crippen molar-refractivity contribution in [3.8, 4) is 0 Å². The van der Waals surface area contributed by atoms with Gasteiger partial charge < -0.3 is 14.3 Å². The molecule has 1 fully saturated rings. The van der Waals surface area contributed by atoms with E-state index in [0.717, 1.165) is 6.26 Å². The lowest BCUT2D eigenvalue weighted by Crippen LogP contribution is -2.48. The molecule has 1 amide bonds. The number of rotatable bonds is 10. The molecule has 172 valence electrons. The second-order valence-electron chi connectivity index (χ2n) is 9.91. The van der Waals surface area contributed by atoms with E-state index in [0.29, 0.717) is 32.5 Å². The molecule has 0 spiro atoms. The van der Waals surface area contributed by atoms with Crippen molar-refractivity contribution in [1.29, 1.82) is 0 Å². The Morgan fingerprint density at radius 3 is 2.41 bits per heavy atom. The van der Waals surface area contributed by atoms with Crippen molar-refractivity contribution >= 4 is 24.5 Å². The van der Waals surface area contributed by atoms with Crippen LogP contribution in [0.1, 0.15) is 53.9 Å². The number of hydrogen-bond acceptors (Lipinski definition) is 6. The topological polar surface area (TPSA) is 102 Å². The molecule has 0 aliphatic carbocycles. The van der Waals surface area contributed by atoms with Crippen molar-refractivity contribution in [1.82, 2.24) is 4.90 Å². The Hall–Kier alpha value is -0.683. The van der Waals surface area contributed by atoms with E-state index in [9.17, 15) is 18.3 Å². The second kappa shape index (κ2) is 9.63. The van der Waals surface area contributed by atoms with Crippen LogP contribution >= 0.6 is 0 Å². The SMILES string of the molecule is CC1(C)OCC(C[C@H](CCCOS(C)(=O)=O)CO[Si](C)(C)C(C)(C)C)N1C(=O)O. The first kappa shape index (κ1) is 26.4. The summed E-state index contributed by atoms with van der Waals surface area (Å²) in [6.07, 6.45) is 1.88. The molecule has 0 aromatic rings. The maximum atomic E-state index is 11.8. The monoisotopic (exact) mass is 453 g/mol. The summed E-state index contributed by atoms with van der Waals surface area (Å²) >= 11 is 0. The maximum Gasteiger partial charge on any atom is 0.409 e. The summed E-state index contributed by atoms with van der Waals surface area (Å²) in [4.78, 5) is 13.1. The van der Waals surface area contributed by atoms with Crippen LogP contribution < -0.4 is 0 Å². The Balaban J connectivity index is 2.82. The summed E-state index contributed by atoms with van der Waals surface area (Å²) in [6, 6.07) is -0.258. The molecule has 10 heteroatoms. The first-order chi connectivity index (χ1) is 13.0. The van der Waals surface area contributed by atoms with Crippen molar-refractivity contribution in [3.05, 3.63) is 0 Å². The molecule has 0 saturated carbocycles. The molecule has 0 aromatic carbocycles. The summed E-state index contributed by atoms with van der Waals surface area (Å²) < 4.78 is 39.3. The second-order valence-corrected chi connectivity index (χ2v) is 16.4. The van der Waals surface area contributed by atoms with Gasteiger partial charge in [-0.15, -0.1) is 0 Å². The predicted octanol–water partition coefficient (Wildman–Crippen LogP) is 3.89. The van der Waals surface area contributed by atoms with Gasteiger partial charge in [0.2, 0.25) is 0 Å². The van der Waals surface area contributed by atoms with Gasteiger partial charge in [0.15, 0.2) is 8.32 Å². The Morgan fingerprint density at radius 1 is 1.34 bits per heavy atom. The number of carbonyl (C=O) groups is 1. The van der Waals surface area contributed by atoms with Crippen molar-refractivity contribution in [2.24, 2.45) is 5.92 Å². The number of nitrogens with zero attached hydrogens (tertiary/aromatic N) is 1. The first-order valence-electron chi connectivity index (χ1n) is 10.1. The van der Waals surface area contributed by atoms with Gasteiger partial charge in [-0.1, -0.05) is 20.8 Å². The highest BCUT2D eigenvalue weighted by Crippen LogP contribution is 2.38. The molecule has 1 heterocycles. The highest BCUT2D eigenvalue weighted by Gasteiger charge is 2.45. The molecule has 0 bridgehead atoms. The molecule has 0 radical (unpaired) electrons. The fraction of sp³-hybridized carbons (Fsp3) is 0.947. The zero-order chi connectivity index (χ0) is 22.7. The Kier molecular flexibility index (Phi) is 8.75. The standard InChI is InChI=1S/C19H39NO7SSi/c1-18(2,3)29(7,8)27-13-15(10-9-11-26-28(6,23)24)12-16-14-25-19(4,5)20(16)17(21)22/h15-16H,9-14H2,1-8H3,(H,21,22)/t15-,16?/m0/s1. The zero-order valence-electron chi connectivity index (χ0n) is 19.1. The Morgan fingerprint density at radius 2 is 1.93 bits per heavy atom. The number of carboxylic acid groups (broad SMARTS) is 1. The summed E-state index contributed by atoms with van der Waals surface area (Å²) in [5.41, 5.74) is -0.860. The highest BCUT2D eigenvalue weighted by atomic mass is 32.2. The third-order valence-corrected chi connectivity index (χ3v) is 11.0. The number of hydrogen-bond donors (Lipinski definition) is 1. The lowest BCUT2D eigenvalue weighted by Gasteiger charge is -2.38. The molecule has 2 atom stereocenters. The third kappa shape index (κ3) is 8.16. The minimum absolute atomic E-state index is 0.0719. The van der Waals surface area contributed by atoms with Gasteiger partial charge in [0.1, 0.15) is 5.72 Å². The van der Waals surface area contributed by atoms with Gasteiger partial charge in [-0.25, -0.2) is 4.79 Å². The molecule has 1 rings (SSSR count). The smallest absolute Gasteiger partial charge is 0.409 e. The molecule has 29 heavy (non-hydrogen) atoms. The van der Waals surface area contributed by atoms with E-state index in [1.54, 1.807) is 13.8 Å². The van der Waals surface area contributed by atoms with Gasteiger partial charge in [0.05, 0.1) is 25.5 Å². The molecule has 1 saturated heterocycles. The average Bonchev–Trinajstić information content (AvgIpc) is 2.81. The Bertz CT molecular complexity index is 658. The van der Waals surface area contributed by atoms with E-state index >= 15 is 0 Å². The van der Waals surface area contributed by atoms with Crippen molar-refractivity contribution < 1.29 is 31.7 Å². The summed E-state index contributed by atoms with van der Waals surface area (Å²) in [6.45, 7) is 15.4. The van der Waals surface area contributed by atoms with E-state index < -0.39 is 30.3 Å². The van der Waals surface area contributed by atoms with Gasteiger partial charge in [-0.2, -0.15) is 8.42 Å². The quantitative estimate of drug-likeness (QED) is 0.304. The van der Waals surface area contributed by atoms with E-state index in [1.165, 1.54) is 4.90 Å². The normalized spacial score (nSPS) is 21.4. The fourth-order valence-corrected chi connectivity index (χ4v) is 4.73. The van der Waals surface area contributed by atoms with E-state index in [1.807, 2.05) is 0 Å². The molecule has 1 aliphatic heterocycles. The van der Waals surface area contributed by atoms with E-state index in [2.05, 4.69) is 33.9 Å². The van der Waals surface area contributed by atoms with Crippen molar-refractivity contribution in [3.63, 3.8) is 0 Å². The molecule has 1 unspecified atom stereocenters. The van der Waals surface area contributed by atoms with Crippen LogP contribution in [0.2, 0.25) is 18.1 Å². The van der Waals surface area contributed by atoms with Crippen LogP contribution in [0.4, 0.5) is 4.79 Å². The van der Waals surface area contributed by atoms with Crippen LogP contribution in [0.5, 0.6) is 0 Å².